The number of carbonyl (C=O) groups is 1. The summed E-state index contributed by atoms with van der Waals surface area (Å²) in [5.41, 5.74) is -0.802. The highest BCUT2D eigenvalue weighted by molar-refractivity contribution is 14.1. The lowest BCUT2D eigenvalue weighted by molar-refractivity contribution is 0.110. The molecular weight excluding hydrogens is 314 g/mol. The van der Waals surface area contributed by atoms with Gasteiger partial charge in [0.15, 0.2) is 6.29 Å². The Morgan fingerprint density at radius 3 is 2.69 bits per heavy atom. The monoisotopic (exact) mass is 317 g/mol. The third-order valence-corrected chi connectivity index (χ3v) is 2.20. The van der Waals surface area contributed by atoms with Gasteiger partial charge in [0.05, 0.1) is 10.6 Å². The fourth-order valence-electron chi connectivity index (χ4n) is 0.795. The molecule has 0 aromatic carbocycles. The highest BCUT2D eigenvalue weighted by Crippen LogP contribution is 2.26. The Kier molecular flexibility index (Phi) is 3.55. The average molecular weight is 317 g/mol. The molecule has 0 atom stereocenters. The first kappa shape index (κ1) is 10.8. The van der Waals surface area contributed by atoms with Crippen LogP contribution in [0.1, 0.15) is 22.5 Å². The molecule has 1 heterocycles. The van der Waals surface area contributed by atoms with Crippen molar-refractivity contribution >= 4 is 40.5 Å². The molecule has 0 spiro atoms. The van der Waals surface area contributed by atoms with Crippen molar-refractivity contribution in [1.82, 2.24) is 4.98 Å². The fourth-order valence-corrected chi connectivity index (χ4v) is 1.80. The molecular formula is C7H3ClF2INO. The van der Waals surface area contributed by atoms with E-state index in [9.17, 15) is 13.6 Å². The molecule has 1 aromatic heterocycles. The Morgan fingerprint density at radius 2 is 2.23 bits per heavy atom. The number of pyridine rings is 1. The molecule has 0 aliphatic heterocycles. The van der Waals surface area contributed by atoms with Gasteiger partial charge in [-0.05, 0) is 28.7 Å². The molecule has 0 saturated carbocycles. The molecule has 0 saturated heterocycles. The van der Waals surface area contributed by atoms with Gasteiger partial charge in [0.2, 0.25) is 0 Å². The van der Waals surface area contributed by atoms with E-state index in [0.29, 0.717) is 3.70 Å². The van der Waals surface area contributed by atoms with Crippen molar-refractivity contribution in [1.29, 1.82) is 0 Å². The van der Waals surface area contributed by atoms with E-state index in [-0.39, 0.29) is 16.9 Å². The largest absolute Gasteiger partial charge is 0.298 e. The zero-order valence-corrected chi connectivity index (χ0v) is 9.01. The van der Waals surface area contributed by atoms with E-state index in [2.05, 4.69) is 4.98 Å². The van der Waals surface area contributed by atoms with E-state index in [4.69, 9.17) is 11.6 Å². The highest BCUT2D eigenvalue weighted by Gasteiger charge is 2.17. The zero-order valence-electron chi connectivity index (χ0n) is 6.10. The van der Waals surface area contributed by atoms with Crippen molar-refractivity contribution in [3.05, 3.63) is 26.0 Å². The summed E-state index contributed by atoms with van der Waals surface area (Å²) in [5, 5.41) is 0.00435. The Morgan fingerprint density at radius 1 is 1.62 bits per heavy atom. The van der Waals surface area contributed by atoms with Crippen molar-refractivity contribution in [2.45, 2.75) is 6.43 Å². The minimum absolute atomic E-state index is 0.00435. The van der Waals surface area contributed by atoms with E-state index in [0.717, 1.165) is 0 Å². The second-order valence-corrected chi connectivity index (χ2v) is 3.66. The van der Waals surface area contributed by atoms with Crippen molar-refractivity contribution in [2.24, 2.45) is 0 Å². The molecule has 0 amide bonds. The summed E-state index contributed by atoms with van der Waals surface area (Å²) >= 11 is 7.32. The van der Waals surface area contributed by atoms with Crippen LogP contribution in [0.3, 0.4) is 0 Å². The molecule has 0 fully saturated rings. The molecule has 0 unspecified atom stereocenters. The van der Waals surface area contributed by atoms with Crippen LogP contribution in [0.2, 0.25) is 5.02 Å². The third kappa shape index (κ3) is 2.34. The Hall–Kier alpha value is -0.300. The molecule has 0 N–H and O–H groups in total. The van der Waals surface area contributed by atoms with Crippen LogP contribution < -0.4 is 0 Å². The summed E-state index contributed by atoms with van der Waals surface area (Å²) in [5.74, 6) is 0. The zero-order chi connectivity index (χ0) is 10.0. The van der Waals surface area contributed by atoms with E-state index in [1.807, 2.05) is 0 Å². The SMILES string of the molecule is O=Cc1c(Cl)cc(I)nc1C(F)F. The van der Waals surface area contributed by atoms with Gasteiger partial charge < -0.3 is 0 Å². The molecule has 0 aliphatic carbocycles. The Labute approximate surface area is 91.4 Å². The Bertz CT molecular complexity index is 346. The van der Waals surface area contributed by atoms with Gasteiger partial charge in [0.25, 0.3) is 6.43 Å². The molecule has 70 valence electrons. The summed E-state index contributed by atoms with van der Waals surface area (Å²) in [6.07, 6.45) is -2.50. The number of halogens is 4. The number of aromatic nitrogens is 1. The first-order valence-electron chi connectivity index (χ1n) is 3.15. The highest BCUT2D eigenvalue weighted by atomic mass is 127. The fraction of sp³-hybridized carbons (Fsp3) is 0.143. The van der Waals surface area contributed by atoms with Gasteiger partial charge in [0, 0.05) is 0 Å². The first-order valence-corrected chi connectivity index (χ1v) is 4.61. The van der Waals surface area contributed by atoms with E-state index < -0.39 is 12.1 Å². The van der Waals surface area contributed by atoms with Gasteiger partial charge in [-0.25, -0.2) is 13.8 Å². The summed E-state index contributed by atoms with van der Waals surface area (Å²) in [7, 11) is 0. The van der Waals surface area contributed by atoms with Crippen LogP contribution in [0.25, 0.3) is 0 Å². The standard InChI is InChI=1S/C7H3ClF2INO/c8-4-1-5(11)12-6(7(9)10)3(4)2-13/h1-2,7H. The smallest absolute Gasteiger partial charge is 0.281 e. The van der Waals surface area contributed by atoms with Crippen LogP contribution >= 0.6 is 34.2 Å². The van der Waals surface area contributed by atoms with Gasteiger partial charge in [-0.15, -0.1) is 0 Å². The number of aldehydes is 1. The molecule has 0 bridgehead atoms. The lowest BCUT2D eigenvalue weighted by Gasteiger charge is -2.04. The van der Waals surface area contributed by atoms with Crippen molar-refractivity contribution in [2.75, 3.05) is 0 Å². The van der Waals surface area contributed by atoms with Crippen LogP contribution in [-0.2, 0) is 0 Å². The maximum atomic E-state index is 12.3. The minimum atomic E-state index is -2.78. The predicted molar refractivity (Wildman–Crippen MR) is 52.3 cm³/mol. The van der Waals surface area contributed by atoms with E-state index in [1.54, 1.807) is 22.6 Å². The molecule has 0 radical (unpaired) electrons. The molecule has 1 aromatic rings. The molecule has 2 nitrogen and oxygen atoms in total. The normalized spacial score (nSPS) is 10.5. The van der Waals surface area contributed by atoms with Crippen LogP contribution in [0.15, 0.2) is 6.07 Å². The number of hydrogen-bond acceptors (Lipinski definition) is 2. The van der Waals surface area contributed by atoms with Crippen LogP contribution in [0.4, 0.5) is 8.78 Å². The quantitative estimate of drug-likeness (QED) is 0.477. The van der Waals surface area contributed by atoms with Gasteiger partial charge in [-0.3, -0.25) is 4.79 Å². The molecule has 13 heavy (non-hydrogen) atoms. The molecule has 1 rings (SSSR count). The van der Waals surface area contributed by atoms with E-state index in [1.165, 1.54) is 6.07 Å². The van der Waals surface area contributed by atoms with Crippen LogP contribution in [0.5, 0.6) is 0 Å². The number of alkyl halides is 2. The third-order valence-electron chi connectivity index (χ3n) is 1.33. The van der Waals surface area contributed by atoms with Gasteiger partial charge >= 0.3 is 0 Å². The summed E-state index contributed by atoms with van der Waals surface area (Å²) in [6, 6.07) is 1.36. The second-order valence-electron chi connectivity index (χ2n) is 2.14. The van der Waals surface area contributed by atoms with Gasteiger partial charge in [0.1, 0.15) is 9.39 Å². The lowest BCUT2D eigenvalue weighted by atomic mass is 10.2. The van der Waals surface area contributed by atoms with E-state index >= 15 is 0 Å². The number of nitrogens with zero attached hydrogens (tertiary/aromatic N) is 1. The van der Waals surface area contributed by atoms with Crippen molar-refractivity contribution < 1.29 is 13.6 Å². The average Bonchev–Trinajstić information content (AvgIpc) is 2.02. The maximum Gasteiger partial charge on any atom is 0.281 e. The topological polar surface area (TPSA) is 30.0 Å². The lowest BCUT2D eigenvalue weighted by Crippen LogP contribution is -2.00. The minimum Gasteiger partial charge on any atom is -0.298 e. The summed E-state index contributed by atoms with van der Waals surface area (Å²) < 4.78 is 24.9. The molecule has 6 heteroatoms. The predicted octanol–water partition coefficient (Wildman–Crippen LogP) is 3.09. The number of carbonyl (C=O) groups excluding carboxylic acids is 1. The first-order chi connectivity index (χ1) is 6.06. The second kappa shape index (κ2) is 4.28. The van der Waals surface area contributed by atoms with Crippen molar-refractivity contribution in [3.63, 3.8) is 0 Å². The molecule has 0 aliphatic rings. The van der Waals surface area contributed by atoms with Gasteiger partial charge in [-0.2, -0.15) is 0 Å². The summed E-state index contributed by atoms with van der Waals surface area (Å²) in [6.45, 7) is 0. The van der Waals surface area contributed by atoms with Crippen LogP contribution in [0, 0.1) is 3.70 Å². The number of rotatable bonds is 2. The summed E-state index contributed by atoms with van der Waals surface area (Å²) in [4.78, 5) is 13.9. The Balaban J connectivity index is 3.38. The van der Waals surface area contributed by atoms with Gasteiger partial charge in [-0.1, -0.05) is 11.6 Å². The number of hydrogen-bond donors (Lipinski definition) is 0. The van der Waals surface area contributed by atoms with Crippen molar-refractivity contribution in [3.8, 4) is 0 Å². The maximum absolute atomic E-state index is 12.3. The van der Waals surface area contributed by atoms with Crippen LogP contribution in [-0.4, -0.2) is 11.3 Å².